The normalized spacial score (nSPS) is 18.1. The Kier molecular flexibility index (Phi) is 8.40. The van der Waals surface area contributed by atoms with Gasteiger partial charge in [-0.1, -0.05) is 17.7 Å². The maximum atomic E-state index is 12.9. The maximum Gasteiger partial charge on any atom is 0.387 e. The summed E-state index contributed by atoms with van der Waals surface area (Å²) in [7, 11) is -2.86. The summed E-state index contributed by atoms with van der Waals surface area (Å²) in [6, 6.07) is 11.3. The van der Waals surface area contributed by atoms with Crippen molar-refractivity contribution in [2.24, 2.45) is 0 Å². The van der Waals surface area contributed by atoms with Crippen molar-refractivity contribution >= 4 is 47.2 Å². The third-order valence-corrected chi connectivity index (χ3v) is 9.19. The van der Waals surface area contributed by atoms with Crippen LogP contribution in [0.2, 0.25) is 5.02 Å². The van der Waals surface area contributed by atoms with Crippen LogP contribution in [0.3, 0.4) is 0 Å². The van der Waals surface area contributed by atoms with Crippen LogP contribution in [-0.2, 0) is 17.4 Å². The van der Waals surface area contributed by atoms with Crippen molar-refractivity contribution in [1.29, 1.82) is 0 Å². The zero-order chi connectivity index (χ0) is 27.6. The largest absolute Gasteiger partial charge is 0.435 e. The molecule has 2 N–H and O–H groups in total. The molecule has 1 atom stereocenters. The van der Waals surface area contributed by atoms with Crippen molar-refractivity contribution in [2.75, 3.05) is 37.1 Å². The van der Waals surface area contributed by atoms with Crippen molar-refractivity contribution < 1.29 is 18.1 Å². The summed E-state index contributed by atoms with van der Waals surface area (Å²) in [6.45, 7) is 2.58. The maximum absolute atomic E-state index is 12.9. The molecule has 2 aromatic carbocycles. The summed E-state index contributed by atoms with van der Waals surface area (Å²) in [6.07, 6.45) is 8.61. The fraction of sp³-hybridized carbons (Fsp3) is 0.429. The van der Waals surface area contributed by atoms with Crippen molar-refractivity contribution in [3.05, 3.63) is 58.7 Å². The van der Waals surface area contributed by atoms with Crippen LogP contribution in [0.1, 0.15) is 36.8 Å². The van der Waals surface area contributed by atoms with Gasteiger partial charge in [-0.15, -0.1) is 0 Å². The van der Waals surface area contributed by atoms with Gasteiger partial charge in [0.15, 0.2) is 5.82 Å². The fourth-order valence-electron chi connectivity index (χ4n) is 5.45. The van der Waals surface area contributed by atoms with Crippen LogP contribution in [0.4, 0.5) is 31.9 Å². The Morgan fingerprint density at radius 1 is 1.05 bits per heavy atom. The molecule has 0 radical (unpaired) electrons. The highest BCUT2D eigenvalue weighted by atomic mass is 35.5. The first kappa shape index (κ1) is 27.8. The van der Waals surface area contributed by atoms with Gasteiger partial charge in [-0.25, -0.2) is 4.98 Å². The lowest BCUT2D eigenvalue weighted by Gasteiger charge is -2.25. The summed E-state index contributed by atoms with van der Waals surface area (Å²) in [5, 5.41) is 6.99. The minimum absolute atomic E-state index is 0.0689. The van der Waals surface area contributed by atoms with Gasteiger partial charge in [-0.2, -0.15) is 13.8 Å². The van der Waals surface area contributed by atoms with E-state index in [4.69, 9.17) is 11.6 Å². The highest BCUT2D eigenvalue weighted by Crippen LogP contribution is 2.40. The summed E-state index contributed by atoms with van der Waals surface area (Å²) in [4.78, 5) is 11.5. The Bertz CT molecular complexity index is 1380. The molecule has 0 amide bonds. The summed E-state index contributed by atoms with van der Waals surface area (Å²) in [5.74, 6) is 0.580. The molecule has 1 aliphatic heterocycles. The second-order valence-electron chi connectivity index (χ2n) is 10.5. The van der Waals surface area contributed by atoms with Gasteiger partial charge >= 0.3 is 6.61 Å². The number of rotatable bonds is 8. The molecule has 1 aromatic heterocycles. The van der Waals surface area contributed by atoms with E-state index >= 15 is 0 Å². The molecule has 0 unspecified atom stereocenters. The minimum atomic E-state index is -2.98. The van der Waals surface area contributed by atoms with Gasteiger partial charge in [0, 0.05) is 17.0 Å². The first-order chi connectivity index (χ1) is 18.7. The highest BCUT2D eigenvalue weighted by Gasteiger charge is 2.25. The molecule has 5 rings (SSSR count). The second-order valence-corrected chi connectivity index (χ2v) is 14.1. The van der Waals surface area contributed by atoms with Crippen molar-refractivity contribution in [3.63, 3.8) is 0 Å². The predicted octanol–water partition coefficient (Wildman–Crippen LogP) is 6.81. The smallest absolute Gasteiger partial charge is 0.387 e. The Labute approximate surface area is 232 Å². The molecule has 208 valence electrons. The number of anilines is 4. The van der Waals surface area contributed by atoms with Gasteiger partial charge in [0.25, 0.3) is 0 Å². The molecular formula is C28H33ClF2N5O2P. The Hall–Kier alpha value is -2.74. The van der Waals surface area contributed by atoms with Gasteiger partial charge in [-0.05, 0) is 106 Å². The lowest BCUT2D eigenvalue weighted by molar-refractivity contribution is -0.0497. The number of aryl methyl sites for hydroxylation is 2. The van der Waals surface area contributed by atoms with E-state index in [1.54, 1.807) is 13.3 Å². The second kappa shape index (κ2) is 11.8. The van der Waals surface area contributed by atoms with E-state index in [9.17, 15) is 13.3 Å². The van der Waals surface area contributed by atoms with Crippen LogP contribution in [0.15, 0.2) is 42.6 Å². The molecule has 39 heavy (non-hydrogen) atoms. The Morgan fingerprint density at radius 3 is 2.51 bits per heavy atom. The molecule has 0 saturated carbocycles. The predicted molar refractivity (Wildman–Crippen MR) is 153 cm³/mol. The van der Waals surface area contributed by atoms with E-state index in [1.807, 2.05) is 6.07 Å². The molecule has 2 heterocycles. The number of hydrogen-bond donors (Lipinski definition) is 2. The Balaban J connectivity index is 1.33. The van der Waals surface area contributed by atoms with E-state index in [-0.39, 0.29) is 10.8 Å². The standard InChI is InChI=1S/C28H33ClF2N5O2P/c1-39(2,37)25-16-22(38-27(30)31)11-12-24(25)34-26-23(29)17-32-28(35-26)33-20-8-5-18-6-9-21(10-7-19(18)15-20)36-13-3-4-14-36/h5,8,11-12,15-17,21,27H,3-4,6-7,9-10,13-14H2,1-2H3,(H2,32,33,34,35)/t21-/m0/s1. The third kappa shape index (κ3) is 6.89. The molecule has 1 saturated heterocycles. The van der Waals surface area contributed by atoms with E-state index in [1.165, 1.54) is 74.3 Å². The summed E-state index contributed by atoms with van der Waals surface area (Å²) >= 11 is 6.38. The number of likely N-dealkylation sites (tertiary alicyclic amines) is 1. The van der Waals surface area contributed by atoms with Crippen molar-refractivity contribution in [1.82, 2.24) is 14.9 Å². The van der Waals surface area contributed by atoms with E-state index < -0.39 is 13.8 Å². The highest BCUT2D eigenvalue weighted by molar-refractivity contribution is 7.70. The SMILES string of the molecule is CP(C)(=O)c1cc(OC(F)F)ccc1Nc1nc(Nc2ccc3c(c2)CC[C@@H](N2CCCC2)CC3)ncc1Cl. The fourth-order valence-corrected chi connectivity index (χ4v) is 6.74. The summed E-state index contributed by atoms with van der Waals surface area (Å²) in [5.41, 5.74) is 4.08. The van der Waals surface area contributed by atoms with Crippen LogP contribution in [0.5, 0.6) is 5.75 Å². The number of nitrogens with one attached hydrogen (secondary N) is 2. The zero-order valence-electron chi connectivity index (χ0n) is 22.1. The number of alkyl halides is 2. The van der Waals surface area contributed by atoms with E-state index in [0.29, 0.717) is 28.8 Å². The third-order valence-electron chi connectivity index (χ3n) is 7.38. The number of aromatic nitrogens is 2. The van der Waals surface area contributed by atoms with Crippen molar-refractivity contribution in [2.45, 2.75) is 51.2 Å². The van der Waals surface area contributed by atoms with Gasteiger partial charge in [0.05, 0.1) is 11.9 Å². The quantitative estimate of drug-likeness (QED) is 0.226. The first-order valence-corrected chi connectivity index (χ1v) is 16.2. The molecule has 1 fully saturated rings. The number of hydrogen-bond acceptors (Lipinski definition) is 7. The molecule has 1 aliphatic carbocycles. The van der Waals surface area contributed by atoms with Crippen molar-refractivity contribution in [3.8, 4) is 5.75 Å². The van der Waals surface area contributed by atoms with E-state index in [0.717, 1.165) is 18.5 Å². The van der Waals surface area contributed by atoms with Crippen LogP contribution in [0, 0.1) is 0 Å². The lowest BCUT2D eigenvalue weighted by atomic mass is 10.0. The van der Waals surface area contributed by atoms with Gasteiger partial charge < -0.3 is 24.8 Å². The molecule has 3 aromatic rings. The topological polar surface area (TPSA) is 79.4 Å². The van der Waals surface area contributed by atoms with Crippen LogP contribution >= 0.6 is 18.7 Å². The van der Waals surface area contributed by atoms with Gasteiger partial charge in [0.1, 0.15) is 17.9 Å². The Morgan fingerprint density at radius 2 is 1.79 bits per heavy atom. The van der Waals surface area contributed by atoms with Gasteiger partial charge in [-0.3, -0.25) is 0 Å². The molecule has 0 spiro atoms. The molecule has 7 nitrogen and oxygen atoms in total. The van der Waals surface area contributed by atoms with Crippen LogP contribution in [0.25, 0.3) is 0 Å². The lowest BCUT2D eigenvalue weighted by Crippen LogP contribution is -2.32. The summed E-state index contributed by atoms with van der Waals surface area (Å²) < 4.78 is 42.9. The number of benzene rings is 2. The first-order valence-electron chi connectivity index (χ1n) is 13.2. The average Bonchev–Trinajstić information content (AvgIpc) is 3.33. The number of fused-ring (bicyclic) bond motifs is 1. The zero-order valence-corrected chi connectivity index (χ0v) is 23.7. The molecule has 2 aliphatic rings. The number of nitrogens with zero attached hydrogens (tertiary/aromatic N) is 3. The molecule has 0 bridgehead atoms. The van der Waals surface area contributed by atoms with Gasteiger partial charge in [0.2, 0.25) is 5.95 Å². The van der Waals surface area contributed by atoms with Crippen LogP contribution in [-0.4, -0.2) is 53.9 Å². The molecule has 11 heteroatoms. The van der Waals surface area contributed by atoms with Crippen LogP contribution < -0.4 is 20.7 Å². The van der Waals surface area contributed by atoms with E-state index in [2.05, 4.69) is 42.4 Å². The number of ether oxygens (including phenoxy) is 1. The minimum Gasteiger partial charge on any atom is -0.435 e. The monoisotopic (exact) mass is 575 g/mol. The number of halogens is 3. The molecular weight excluding hydrogens is 543 g/mol. The average molecular weight is 576 g/mol.